The summed E-state index contributed by atoms with van der Waals surface area (Å²) in [7, 11) is 1.20. The van der Waals surface area contributed by atoms with Gasteiger partial charge in [-0.05, 0) is 79.2 Å². The molecule has 0 fully saturated rings. The number of ether oxygens (including phenoxy) is 2. The first kappa shape index (κ1) is 44.5. The molecule has 0 heterocycles. The zero-order chi connectivity index (χ0) is 37.9. The lowest BCUT2D eigenvalue weighted by atomic mass is 10.0. The molecule has 0 rings (SSSR count). The molecule has 280 valence electrons. The van der Waals surface area contributed by atoms with Crippen molar-refractivity contribution in [2.75, 3.05) is 20.2 Å². The number of aliphatic carboxylic acids is 1. The molecule has 0 saturated carbocycles. The van der Waals surface area contributed by atoms with Crippen LogP contribution in [0.2, 0.25) is 0 Å². The molecule has 0 aromatic rings. The molecule has 0 aliphatic carbocycles. The van der Waals surface area contributed by atoms with Gasteiger partial charge in [-0.15, -0.1) is 0 Å². The van der Waals surface area contributed by atoms with Gasteiger partial charge in [0.05, 0.1) is 13.7 Å². The Morgan fingerprint density at radius 1 is 0.714 bits per heavy atom. The third-order valence-corrected chi connectivity index (χ3v) is 6.69. The standard InChI is InChI=1S/C31H55N7O11/c1-17(2)15-22(29(46)48-8)37-26(43)19(4)35-27(44)20(11-9-10-14-32)36-23(39)16-33-25(42)18(3)34-28(45)21(12-13-24(40)41)38-30(47)49-31(5,6)7/h17-22H,9-16,32H2,1-8H3,(H,33,42)(H,34,45)(H,35,44)(H,36,39)(H,37,43)(H,38,47)(H,40,41)/t18-,19-,20-,21+,22-/m0/s1. The number of hydrogen-bond acceptors (Lipinski definition) is 11. The van der Waals surface area contributed by atoms with Gasteiger partial charge in [-0.3, -0.25) is 28.8 Å². The van der Waals surface area contributed by atoms with Gasteiger partial charge in [-0.2, -0.15) is 0 Å². The van der Waals surface area contributed by atoms with Crippen molar-refractivity contribution in [1.29, 1.82) is 0 Å². The number of carboxylic acid groups (broad SMARTS) is 1. The van der Waals surface area contributed by atoms with Crippen LogP contribution < -0.4 is 37.6 Å². The van der Waals surface area contributed by atoms with Gasteiger partial charge >= 0.3 is 18.0 Å². The van der Waals surface area contributed by atoms with Gasteiger partial charge in [-0.1, -0.05) is 13.8 Å². The summed E-state index contributed by atoms with van der Waals surface area (Å²) < 4.78 is 9.88. The third-order valence-electron chi connectivity index (χ3n) is 6.69. The Kier molecular flexibility index (Phi) is 20.2. The molecule has 6 amide bonds. The summed E-state index contributed by atoms with van der Waals surface area (Å²) in [5.74, 6) is -5.45. The van der Waals surface area contributed by atoms with Crippen LogP contribution in [0.1, 0.15) is 87.0 Å². The Bertz CT molecular complexity index is 1160. The molecule has 0 saturated heterocycles. The van der Waals surface area contributed by atoms with E-state index in [1.165, 1.54) is 21.0 Å². The van der Waals surface area contributed by atoms with Crippen molar-refractivity contribution in [3.05, 3.63) is 0 Å². The first-order valence-corrected chi connectivity index (χ1v) is 16.2. The number of esters is 1. The molecule has 5 atom stereocenters. The van der Waals surface area contributed by atoms with Crippen LogP contribution in [0.3, 0.4) is 0 Å². The molecular formula is C31H55N7O11. The summed E-state index contributed by atoms with van der Waals surface area (Å²) in [6.07, 6.45) is -0.189. The van der Waals surface area contributed by atoms with Crippen molar-refractivity contribution >= 4 is 47.6 Å². The van der Waals surface area contributed by atoms with Crippen LogP contribution in [0.5, 0.6) is 0 Å². The first-order valence-electron chi connectivity index (χ1n) is 16.2. The third kappa shape index (κ3) is 19.8. The van der Waals surface area contributed by atoms with E-state index in [1.807, 2.05) is 13.8 Å². The zero-order valence-electron chi connectivity index (χ0n) is 29.7. The summed E-state index contributed by atoms with van der Waals surface area (Å²) >= 11 is 0. The Hall–Kier alpha value is -4.48. The van der Waals surface area contributed by atoms with Gasteiger partial charge in [0.1, 0.15) is 35.8 Å². The van der Waals surface area contributed by atoms with E-state index in [4.69, 9.17) is 20.3 Å². The quantitative estimate of drug-likeness (QED) is 0.0539. The van der Waals surface area contributed by atoms with Crippen molar-refractivity contribution < 1.29 is 52.9 Å². The maximum Gasteiger partial charge on any atom is 0.408 e. The number of carbonyl (C=O) groups is 8. The lowest BCUT2D eigenvalue weighted by Crippen LogP contribution is -2.56. The smallest absolute Gasteiger partial charge is 0.408 e. The molecule has 0 bridgehead atoms. The van der Waals surface area contributed by atoms with E-state index in [2.05, 4.69) is 31.9 Å². The van der Waals surface area contributed by atoms with E-state index in [0.29, 0.717) is 25.8 Å². The molecule has 49 heavy (non-hydrogen) atoms. The minimum atomic E-state index is -1.33. The Balaban J connectivity index is 5.32. The van der Waals surface area contributed by atoms with Gasteiger partial charge in [0.2, 0.25) is 29.5 Å². The maximum absolute atomic E-state index is 13.1. The normalized spacial score (nSPS) is 14.2. The van der Waals surface area contributed by atoms with Crippen molar-refractivity contribution in [2.24, 2.45) is 11.7 Å². The number of rotatable bonds is 21. The number of methoxy groups -OCH3 is 1. The van der Waals surface area contributed by atoms with Gasteiger partial charge < -0.3 is 52.2 Å². The molecule has 0 aliphatic heterocycles. The lowest BCUT2D eigenvalue weighted by molar-refractivity contribution is -0.146. The zero-order valence-corrected chi connectivity index (χ0v) is 29.7. The predicted octanol–water partition coefficient (Wildman–Crippen LogP) is -0.812. The molecule has 0 aromatic heterocycles. The monoisotopic (exact) mass is 701 g/mol. The highest BCUT2D eigenvalue weighted by atomic mass is 16.6. The molecule has 0 aliphatic rings. The lowest BCUT2D eigenvalue weighted by Gasteiger charge is -2.24. The van der Waals surface area contributed by atoms with Crippen molar-refractivity contribution in [3.63, 3.8) is 0 Å². The number of hydrogen-bond donors (Lipinski definition) is 8. The minimum absolute atomic E-state index is 0.0677. The second kappa shape index (κ2) is 22.2. The SMILES string of the molecule is COC(=O)[C@H](CC(C)C)NC(=O)[C@H](C)NC(=O)[C@H](CCCCN)NC(=O)CNC(=O)[C@H](C)NC(=O)[C@@H](CCC(=O)O)NC(=O)OC(C)(C)C. The van der Waals surface area contributed by atoms with Crippen LogP contribution in [0, 0.1) is 5.92 Å². The molecule has 0 unspecified atom stereocenters. The summed E-state index contributed by atoms with van der Waals surface area (Å²) in [6, 6.07) is -5.62. The van der Waals surface area contributed by atoms with Crippen LogP contribution in [0.25, 0.3) is 0 Å². The van der Waals surface area contributed by atoms with Gasteiger partial charge in [0.15, 0.2) is 0 Å². The number of carboxylic acids is 1. The number of carbonyl (C=O) groups excluding carboxylic acids is 7. The van der Waals surface area contributed by atoms with E-state index in [1.54, 1.807) is 20.8 Å². The van der Waals surface area contributed by atoms with Gasteiger partial charge in [0, 0.05) is 6.42 Å². The van der Waals surface area contributed by atoms with Crippen LogP contribution in [-0.2, 0) is 43.0 Å². The molecule has 0 aromatic carbocycles. The second-order valence-electron chi connectivity index (χ2n) is 12.9. The van der Waals surface area contributed by atoms with Crippen LogP contribution in [-0.4, -0.2) is 109 Å². The van der Waals surface area contributed by atoms with E-state index in [9.17, 15) is 38.4 Å². The van der Waals surface area contributed by atoms with E-state index < -0.39 is 96.3 Å². The van der Waals surface area contributed by atoms with Gasteiger partial charge in [0.25, 0.3) is 0 Å². The average molecular weight is 702 g/mol. The Morgan fingerprint density at radius 3 is 1.76 bits per heavy atom. The van der Waals surface area contributed by atoms with E-state index in [-0.39, 0.29) is 18.8 Å². The number of alkyl carbamates (subject to hydrolysis) is 1. The highest BCUT2D eigenvalue weighted by molar-refractivity contribution is 5.95. The fraction of sp³-hybridized carbons (Fsp3) is 0.742. The predicted molar refractivity (Wildman–Crippen MR) is 176 cm³/mol. The topological polar surface area (TPSA) is 273 Å². The molecule has 0 radical (unpaired) electrons. The summed E-state index contributed by atoms with van der Waals surface area (Å²) in [6.45, 7) is 11.0. The molecule has 18 heteroatoms. The molecular weight excluding hydrogens is 646 g/mol. The van der Waals surface area contributed by atoms with Gasteiger partial charge in [-0.25, -0.2) is 9.59 Å². The summed E-state index contributed by atoms with van der Waals surface area (Å²) in [5, 5.41) is 23.6. The molecule has 9 N–H and O–H groups in total. The summed E-state index contributed by atoms with van der Waals surface area (Å²) in [5.41, 5.74) is 4.68. The Morgan fingerprint density at radius 2 is 1.27 bits per heavy atom. The average Bonchev–Trinajstić information content (AvgIpc) is 2.99. The fourth-order valence-electron chi connectivity index (χ4n) is 4.20. The number of amides is 6. The number of nitrogens with one attached hydrogen (secondary N) is 6. The second-order valence-corrected chi connectivity index (χ2v) is 12.9. The fourth-order valence-corrected chi connectivity index (χ4v) is 4.20. The maximum atomic E-state index is 13.1. The molecule has 0 spiro atoms. The van der Waals surface area contributed by atoms with Crippen molar-refractivity contribution in [2.45, 2.75) is 123 Å². The summed E-state index contributed by atoms with van der Waals surface area (Å²) in [4.78, 5) is 99.4. The van der Waals surface area contributed by atoms with Crippen molar-refractivity contribution in [1.82, 2.24) is 31.9 Å². The highest BCUT2D eigenvalue weighted by Gasteiger charge is 2.30. The van der Waals surface area contributed by atoms with Crippen LogP contribution in [0.4, 0.5) is 4.79 Å². The number of unbranched alkanes of at least 4 members (excludes halogenated alkanes) is 1. The van der Waals surface area contributed by atoms with E-state index >= 15 is 0 Å². The Labute approximate surface area is 287 Å². The molecule has 18 nitrogen and oxygen atoms in total. The highest BCUT2D eigenvalue weighted by Crippen LogP contribution is 2.09. The van der Waals surface area contributed by atoms with Crippen LogP contribution >= 0.6 is 0 Å². The van der Waals surface area contributed by atoms with E-state index in [0.717, 1.165) is 0 Å². The first-order chi connectivity index (χ1) is 22.7. The van der Waals surface area contributed by atoms with Crippen LogP contribution in [0.15, 0.2) is 0 Å². The number of nitrogens with two attached hydrogens (primary N) is 1. The largest absolute Gasteiger partial charge is 0.481 e. The van der Waals surface area contributed by atoms with Crippen molar-refractivity contribution in [3.8, 4) is 0 Å². The minimum Gasteiger partial charge on any atom is -0.481 e.